The van der Waals surface area contributed by atoms with Crippen LogP contribution >= 0.6 is 42.1 Å². The van der Waals surface area contributed by atoms with Crippen molar-refractivity contribution in [2.24, 2.45) is 0 Å². The summed E-state index contributed by atoms with van der Waals surface area (Å²) < 4.78 is 23.0. The van der Waals surface area contributed by atoms with E-state index in [1.165, 1.54) is 0 Å². The summed E-state index contributed by atoms with van der Waals surface area (Å²) in [5.74, 6) is 0.860. The van der Waals surface area contributed by atoms with Crippen molar-refractivity contribution in [3.63, 3.8) is 0 Å². The quantitative estimate of drug-likeness (QED) is 0.665. The summed E-state index contributed by atoms with van der Waals surface area (Å²) in [5.41, 5.74) is 0. The number of H-pyrrole nitrogens is 4. The molecule has 0 bridgehead atoms. The van der Waals surface area contributed by atoms with Gasteiger partial charge >= 0.3 is 0 Å². The van der Waals surface area contributed by atoms with E-state index in [-0.39, 0.29) is 0 Å². The van der Waals surface area contributed by atoms with Crippen molar-refractivity contribution in [3.05, 3.63) is 30.3 Å². The van der Waals surface area contributed by atoms with Gasteiger partial charge in [0.15, 0.2) is 0 Å². The second-order valence-corrected chi connectivity index (χ2v) is 8.91. The van der Waals surface area contributed by atoms with E-state index in [9.17, 15) is 0 Å². The molecule has 4 N–H and O–H groups in total. The largest absolute Gasteiger partial charge is 0.417 e. The number of hydrogen-bond donors (Lipinski definition) is 4. The Bertz CT molecular complexity index is 505. The molecule has 11 heteroatoms. The number of aromatic nitrogens is 5. The number of nitrogens with zero attached hydrogens (tertiary/aromatic N) is 1. The van der Waals surface area contributed by atoms with Crippen molar-refractivity contribution in [2.45, 2.75) is 0 Å². The Labute approximate surface area is 105 Å². The predicted molar refractivity (Wildman–Crippen MR) is 80.7 cm³/mol. The Morgan fingerprint density at radius 2 is 2.06 bits per heavy atom. The molecule has 4 atom stereocenters. The van der Waals surface area contributed by atoms with Gasteiger partial charge in [-0.3, -0.25) is 9.02 Å². The maximum atomic E-state index is 5.82. The minimum Gasteiger partial charge on any atom is -0.417 e. The van der Waals surface area contributed by atoms with Gasteiger partial charge in [0.2, 0.25) is 8.08 Å². The van der Waals surface area contributed by atoms with Crippen molar-refractivity contribution < 1.29 is 4.52 Å². The third kappa shape index (κ3) is 5.13. The van der Waals surface area contributed by atoms with E-state index in [2.05, 4.69) is 22.5 Å². The van der Waals surface area contributed by atoms with Crippen LogP contribution in [-0.4, -0.2) is 22.5 Å². The fourth-order valence-electron chi connectivity index (χ4n) is 0.937. The van der Waals surface area contributed by atoms with E-state index in [4.69, 9.17) is 4.52 Å². The molecule has 0 saturated carbocycles. The smallest absolute Gasteiger partial charge is 0.238 e. The molecule has 0 spiro atoms. The fourth-order valence-corrected chi connectivity index (χ4v) is 6.44. The van der Waals surface area contributed by atoms with E-state index in [0.717, 1.165) is 14.3 Å². The molecule has 0 aliphatic rings. The second-order valence-electron chi connectivity index (χ2n) is 2.72. The van der Waals surface area contributed by atoms with Crippen LogP contribution in [0.3, 0.4) is 0 Å². The minimum absolute atomic E-state index is 0.422. The standard InChI is InChI=1S/C6H12N5OP5/c1-2-4-6(5-3-1)12-17-10-15-8-13-7-14-9-16-11-17/h1-5,7-8,10,13-15H,(H,9,11). The summed E-state index contributed by atoms with van der Waals surface area (Å²) in [5, 5.41) is 0. The summed E-state index contributed by atoms with van der Waals surface area (Å²) in [4.78, 5) is 0. The first-order valence-corrected chi connectivity index (χ1v) is 9.70. The molecule has 0 amide bonds. The normalized spacial score (nSPS) is 12.1. The average molecular weight is 325 g/mol. The highest BCUT2D eigenvalue weighted by atomic mass is 31.2. The molecule has 92 valence electrons. The lowest BCUT2D eigenvalue weighted by atomic mass is 10.3. The molecule has 1 aromatic carbocycles. The second kappa shape index (κ2) is 7.77. The maximum Gasteiger partial charge on any atom is 0.238 e. The zero-order chi connectivity index (χ0) is 11.8. The number of aromatic amines is 4. The van der Waals surface area contributed by atoms with Crippen molar-refractivity contribution in [2.75, 3.05) is 0 Å². The van der Waals surface area contributed by atoms with E-state index < -0.39 is 8.08 Å². The molecular weight excluding hydrogens is 313 g/mol. The number of nitrogens with one attached hydrogen (secondary N) is 4. The molecule has 0 fully saturated rings. The van der Waals surface area contributed by atoms with Gasteiger partial charge in [-0.15, -0.1) is 0 Å². The molecule has 6 nitrogen and oxygen atoms in total. The first-order chi connectivity index (χ1) is 8.45. The van der Waals surface area contributed by atoms with Crippen molar-refractivity contribution in [1.29, 1.82) is 0 Å². The summed E-state index contributed by atoms with van der Waals surface area (Å²) >= 11 is 0. The summed E-state index contributed by atoms with van der Waals surface area (Å²) in [6.07, 6.45) is 0. The van der Waals surface area contributed by atoms with Gasteiger partial charge in [-0.25, -0.2) is 0 Å². The molecule has 1 heterocycles. The van der Waals surface area contributed by atoms with Crippen molar-refractivity contribution >= 4 is 42.1 Å². The predicted octanol–water partition coefficient (Wildman–Crippen LogP) is 4.27. The Hall–Kier alpha value is -0.480. The maximum absolute atomic E-state index is 5.82. The van der Waals surface area contributed by atoms with Gasteiger partial charge in [0.1, 0.15) is 14.3 Å². The molecule has 0 aliphatic heterocycles. The molecule has 2 rings (SSSR count). The summed E-state index contributed by atoms with van der Waals surface area (Å²) in [7, 11) is 1.37. The van der Waals surface area contributed by atoms with Gasteiger partial charge in [0, 0.05) is 25.5 Å². The zero-order valence-electron chi connectivity index (χ0n) is 8.64. The van der Waals surface area contributed by atoms with Crippen LogP contribution in [0.4, 0.5) is 0 Å². The third-order valence-electron chi connectivity index (χ3n) is 1.58. The zero-order valence-corrected chi connectivity index (χ0v) is 13.4. The van der Waals surface area contributed by atoms with E-state index >= 15 is 0 Å². The molecule has 17 heavy (non-hydrogen) atoms. The highest BCUT2D eigenvalue weighted by molar-refractivity contribution is 7.49. The fraction of sp³-hybridized carbons (Fsp3) is 0. The van der Waals surface area contributed by atoms with Crippen LogP contribution < -0.4 is 4.52 Å². The van der Waals surface area contributed by atoms with E-state index in [0.29, 0.717) is 25.5 Å². The molecule has 0 saturated heterocycles. The highest BCUT2D eigenvalue weighted by Crippen LogP contribution is 2.24. The SMILES string of the molecule is c1ccc(Op2[nH]pn[pH][nH][pH][nH][pH][nH]2)cc1. The van der Waals surface area contributed by atoms with Gasteiger partial charge in [-0.2, -0.15) is 4.51 Å². The number of rotatable bonds is 2. The molecule has 0 aliphatic carbocycles. The number of benzene rings is 1. The van der Waals surface area contributed by atoms with Gasteiger partial charge in [0.25, 0.3) is 0 Å². The van der Waals surface area contributed by atoms with Gasteiger partial charge in [-0.05, 0) is 12.1 Å². The monoisotopic (exact) mass is 325 g/mol. The lowest BCUT2D eigenvalue weighted by Crippen LogP contribution is -1.80. The van der Waals surface area contributed by atoms with E-state index in [1.54, 1.807) is 0 Å². The molecule has 1 aromatic heterocycles. The van der Waals surface area contributed by atoms with Crippen LogP contribution in [-0.2, 0) is 0 Å². The van der Waals surface area contributed by atoms with Crippen LogP contribution in [0.5, 0.6) is 5.75 Å². The van der Waals surface area contributed by atoms with Crippen molar-refractivity contribution in [3.8, 4) is 5.75 Å². The lowest BCUT2D eigenvalue weighted by Gasteiger charge is -2.02. The van der Waals surface area contributed by atoms with Crippen molar-refractivity contribution in [1.82, 2.24) is 22.5 Å². The van der Waals surface area contributed by atoms with Gasteiger partial charge in [-0.1, -0.05) is 18.2 Å². The number of hydrogen-bond acceptors (Lipinski definition) is 2. The molecule has 0 radical (unpaired) electrons. The Morgan fingerprint density at radius 1 is 1.18 bits per heavy atom. The molecule has 2 aromatic rings. The Balaban J connectivity index is 2.27. The van der Waals surface area contributed by atoms with Crippen LogP contribution in [0, 0.1) is 0 Å². The first-order valence-electron chi connectivity index (χ1n) is 4.64. The molecular formula is C6H12N5OP5. The lowest BCUT2D eigenvalue weighted by molar-refractivity contribution is 0.624. The van der Waals surface area contributed by atoms with Crippen LogP contribution in [0.1, 0.15) is 0 Å². The average Bonchev–Trinajstić information content (AvgIpc) is 2.38. The van der Waals surface area contributed by atoms with Crippen LogP contribution in [0.15, 0.2) is 30.3 Å². The summed E-state index contributed by atoms with van der Waals surface area (Å²) in [6.45, 7) is 0. The topological polar surface area (TPSA) is 85.3 Å². The minimum atomic E-state index is -0.896. The Kier molecular flexibility index (Phi) is 5.93. The Morgan fingerprint density at radius 3 is 2.94 bits per heavy atom. The van der Waals surface area contributed by atoms with Crippen LogP contribution in [0.25, 0.3) is 0 Å². The first kappa shape index (κ1) is 13.0. The summed E-state index contributed by atoms with van der Waals surface area (Å²) in [6, 6.07) is 9.78. The van der Waals surface area contributed by atoms with E-state index in [1.807, 2.05) is 30.3 Å². The third-order valence-corrected chi connectivity index (χ3v) is 7.06. The van der Waals surface area contributed by atoms with Gasteiger partial charge < -0.3 is 13.5 Å². The molecule has 4 unspecified atom stereocenters. The van der Waals surface area contributed by atoms with Crippen LogP contribution in [0.2, 0.25) is 0 Å². The highest BCUT2D eigenvalue weighted by Gasteiger charge is 1.92. The number of para-hydroxylation sites is 1. The van der Waals surface area contributed by atoms with Gasteiger partial charge in [0.05, 0.1) is 0 Å².